The van der Waals surface area contributed by atoms with Gasteiger partial charge in [0.25, 0.3) is 0 Å². The molecule has 2 heterocycles. The SMILES string of the molecule is COc1ccc(CN2NNN=C2c2c[nH]n(-c3cc(C)ccc3C)c2=S)cc1. The molecule has 0 saturated heterocycles. The summed E-state index contributed by atoms with van der Waals surface area (Å²) >= 11 is 5.75. The van der Waals surface area contributed by atoms with E-state index in [9.17, 15) is 0 Å². The number of aryl methyl sites for hydroxylation is 2. The predicted octanol–water partition coefficient (Wildman–Crippen LogP) is 3.35. The summed E-state index contributed by atoms with van der Waals surface area (Å²) < 4.78 is 7.82. The van der Waals surface area contributed by atoms with Crippen molar-refractivity contribution in [3.8, 4) is 11.4 Å². The maximum absolute atomic E-state index is 5.75. The van der Waals surface area contributed by atoms with Crippen molar-refractivity contribution in [1.29, 1.82) is 0 Å². The molecule has 0 bridgehead atoms. The van der Waals surface area contributed by atoms with E-state index in [0.717, 1.165) is 34.0 Å². The fourth-order valence-corrected chi connectivity index (χ4v) is 3.46. The van der Waals surface area contributed by atoms with Gasteiger partial charge >= 0.3 is 0 Å². The lowest BCUT2D eigenvalue weighted by atomic mass is 10.1. The van der Waals surface area contributed by atoms with Crippen molar-refractivity contribution in [2.45, 2.75) is 20.4 Å². The lowest BCUT2D eigenvalue weighted by Gasteiger charge is -2.18. The first-order valence-corrected chi connectivity index (χ1v) is 9.35. The van der Waals surface area contributed by atoms with Crippen molar-refractivity contribution in [2.24, 2.45) is 5.10 Å². The highest BCUT2D eigenvalue weighted by Crippen LogP contribution is 2.20. The molecule has 3 aromatic rings. The van der Waals surface area contributed by atoms with E-state index < -0.39 is 0 Å². The van der Waals surface area contributed by atoms with Gasteiger partial charge in [0.05, 0.1) is 24.9 Å². The second kappa shape index (κ2) is 7.49. The highest BCUT2D eigenvalue weighted by molar-refractivity contribution is 7.71. The minimum absolute atomic E-state index is 0.624. The summed E-state index contributed by atoms with van der Waals surface area (Å²) in [5, 5.41) is 9.57. The number of nitrogens with zero attached hydrogens (tertiary/aromatic N) is 3. The van der Waals surface area contributed by atoms with Gasteiger partial charge in [0, 0.05) is 6.20 Å². The second-order valence-corrected chi connectivity index (χ2v) is 7.10. The number of aromatic amines is 1. The molecule has 0 aliphatic carbocycles. The third kappa shape index (κ3) is 3.39. The van der Waals surface area contributed by atoms with Gasteiger partial charge in [-0.25, -0.2) is 10.2 Å². The predicted molar refractivity (Wildman–Crippen MR) is 112 cm³/mol. The molecule has 28 heavy (non-hydrogen) atoms. The minimum Gasteiger partial charge on any atom is -0.497 e. The van der Waals surface area contributed by atoms with Crippen LogP contribution in [0.25, 0.3) is 5.69 Å². The van der Waals surface area contributed by atoms with E-state index in [0.29, 0.717) is 11.2 Å². The Morgan fingerprint density at radius 1 is 1.11 bits per heavy atom. The van der Waals surface area contributed by atoms with Crippen LogP contribution in [0.5, 0.6) is 5.75 Å². The molecule has 0 radical (unpaired) electrons. The van der Waals surface area contributed by atoms with Crippen LogP contribution in [0.2, 0.25) is 0 Å². The Labute approximate surface area is 168 Å². The number of aromatic nitrogens is 2. The number of benzene rings is 2. The van der Waals surface area contributed by atoms with Crippen LogP contribution >= 0.6 is 12.2 Å². The first-order chi connectivity index (χ1) is 13.6. The van der Waals surface area contributed by atoms with E-state index in [1.54, 1.807) is 7.11 Å². The average molecular weight is 395 g/mol. The third-order valence-electron chi connectivity index (χ3n) is 4.72. The number of methoxy groups -OCH3 is 1. The minimum atomic E-state index is 0.624. The van der Waals surface area contributed by atoms with Crippen LogP contribution in [0.15, 0.2) is 53.8 Å². The normalized spacial score (nSPS) is 13.4. The van der Waals surface area contributed by atoms with Gasteiger partial charge in [-0.2, -0.15) is 0 Å². The molecule has 2 aromatic carbocycles. The zero-order valence-corrected chi connectivity index (χ0v) is 16.8. The molecular weight excluding hydrogens is 372 g/mol. The smallest absolute Gasteiger partial charge is 0.177 e. The Hall–Kier alpha value is -3.10. The Kier molecular flexibility index (Phi) is 4.89. The molecule has 1 aliphatic rings. The number of nitrogens with one attached hydrogen (secondary N) is 3. The Morgan fingerprint density at radius 2 is 1.89 bits per heavy atom. The first kappa shape index (κ1) is 18.3. The largest absolute Gasteiger partial charge is 0.497 e. The molecule has 0 fully saturated rings. The lowest BCUT2D eigenvalue weighted by molar-refractivity contribution is 0.288. The molecule has 1 aromatic heterocycles. The van der Waals surface area contributed by atoms with Crippen molar-refractivity contribution < 1.29 is 4.74 Å². The molecule has 144 valence electrons. The Morgan fingerprint density at radius 3 is 2.64 bits per heavy atom. The molecule has 8 heteroatoms. The van der Waals surface area contributed by atoms with Crippen molar-refractivity contribution >= 4 is 18.1 Å². The number of hydrazone groups is 1. The Bertz CT molecular complexity index is 1080. The topological polar surface area (TPSA) is 69.6 Å². The summed E-state index contributed by atoms with van der Waals surface area (Å²) in [6, 6.07) is 14.2. The standard InChI is InChI=1S/C20H22N6OS/c1-13-4-5-14(2)18(10-13)26-20(28)17(11-21-26)19-22-23-24-25(19)12-15-6-8-16(27-3)9-7-15/h4-11,21,23-24H,12H2,1-3H3. The monoisotopic (exact) mass is 394 g/mol. The number of rotatable bonds is 5. The van der Waals surface area contributed by atoms with Gasteiger partial charge in [-0.3, -0.25) is 10.1 Å². The molecule has 0 saturated carbocycles. The van der Waals surface area contributed by atoms with Gasteiger partial charge in [-0.15, -0.1) is 10.6 Å². The fourth-order valence-electron chi connectivity index (χ4n) is 3.15. The average Bonchev–Trinajstić information content (AvgIpc) is 3.30. The van der Waals surface area contributed by atoms with E-state index in [4.69, 9.17) is 17.0 Å². The number of hydrazine groups is 2. The van der Waals surface area contributed by atoms with E-state index >= 15 is 0 Å². The van der Waals surface area contributed by atoms with Gasteiger partial charge in [0.15, 0.2) is 5.84 Å². The molecule has 4 rings (SSSR count). The van der Waals surface area contributed by atoms with E-state index in [-0.39, 0.29) is 0 Å². The van der Waals surface area contributed by atoms with Crippen LogP contribution in [-0.2, 0) is 6.54 Å². The van der Waals surface area contributed by atoms with Gasteiger partial charge in [-0.05, 0) is 48.7 Å². The van der Waals surface area contributed by atoms with Crippen LogP contribution in [0, 0.1) is 18.5 Å². The van der Waals surface area contributed by atoms with Crippen molar-refractivity contribution in [1.82, 2.24) is 25.9 Å². The first-order valence-electron chi connectivity index (χ1n) is 8.94. The molecule has 1 aliphatic heterocycles. The number of hydrogen-bond acceptors (Lipinski definition) is 6. The number of H-pyrrole nitrogens is 1. The molecule has 0 atom stereocenters. The van der Waals surface area contributed by atoms with E-state index in [1.807, 2.05) is 40.2 Å². The van der Waals surface area contributed by atoms with E-state index in [1.165, 1.54) is 5.56 Å². The third-order valence-corrected chi connectivity index (χ3v) is 5.12. The number of hydrogen-bond donors (Lipinski definition) is 3. The summed E-state index contributed by atoms with van der Waals surface area (Å²) in [4.78, 5) is 0. The van der Waals surface area contributed by atoms with Crippen LogP contribution < -0.4 is 15.8 Å². The zero-order valence-electron chi connectivity index (χ0n) is 16.0. The number of ether oxygens (including phenoxy) is 1. The van der Waals surface area contributed by atoms with Crippen molar-refractivity contribution in [3.05, 3.63) is 75.6 Å². The quantitative estimate of drug-likeness (QED) is 0.579. The zero-order chi connectivity index (χ0) is 19.7. The van der Waals surface area contributed by atoms with Crippen LogP contribution in [0.1, 0.15) is 22.3 Å². The molecular formula is C20H22N6OS. The van der Waals surface area contributed by atoms with Gasteiger partial charge in [0.2, 0.25) is 0 Å². The number of amidine groups is 1. The summed E-state index contributed by atoms with van der Waals surface area (Å²) in [6.45, 7) is 4.77. The highest BCUT2D eigenvalue weighted by Gasteiger charge is 2.22. The second-order valence-electron chi connectivity index (χ2n) is 6.71. The molecule has 0 amide bonds. The summed E-state index contributed by atoms with van der Waals surface area (Å²) in [6.07, 6.45) is 1.89. The summed E-state index contributed by atoms with van der Waals surface area (Å²) in [5.41, 5.74) is 11.2. The highest BCUT2D eigenvalue weighted by atomic mass is 32.1. The maximum Gasteiger partial charge on any atom is 0.177 e. The van der Waals surface area contributed by atoms with Crippen LogP contribution in [-0.4, -0.2) is 27.7 Å². The summed E-state index contributed by atoms with van der Waals surface area (Å²) in [5.74, 6) is 1.57. The molecule has 0 spiro atoms. The Balaban J connectivity index is 1.62. The van der Waals surface area contributed by atoms with E-state index in [2.05, 4.69) is 53.3 Å². The van der Waals surface area contributed by atoms with Crippen LogP contribution in [0.4, 0.5) is 0 Å². The maximum atomic E-state index is 5.75. The van der Waals surface area contributed by atoms with Gasteiger partial charge in [0.1, 0.15) is 10.4 Å². The van der Waals surface area contributed by atoms with Gasteiger partial charge < -0.3 is 4.74 Å². The van der Waals surface area contributed by atoms with Crippen molar-refractivity contribution in [2.75, 3.05) is 7.11 Å². The fraction of sp³-hybridized carbons (Fsp3) is 0.200. The molecule has 0 unspecified atom stereocenters. The molecule has 7 nitrogen and oxygen atoms in total. The van der Waals surface area contributed by atoms with Crippen molar-refractivity contribution in [3.63, 3.8) is 0 Å². The molecule has 3 N–H and O–H groups in total. The van der Waals surface area contributed by atoms with Crippen LogP contribution in [0.3, 0.4) is 0 Å². The summed E-state index contributed by atoms with van der Waals surface area (Å²) in [7, 11) is 1.66. The van der Waals surface area contributed by atoms with Gasteiger partial charge in [-0.1, -0.05) is 36.5 Å². The lowest BCUT2D eigenvalue weighted by Crippen LogP contribution is -2.40.